The van der Waals surface area contributed by atoms with E-state index in [0.717, 1.165) is 0 Å². The van der Waals surface area contributed by atoms with Crippen LogP contribution in [0, 0.1) is 6.07 Å². The second-order valence-electron chi connectivity index (χ2n) is 3.31. The lowest BCUT2D eigenvalue weighted by atomic mass is 10.2. The molecule has 1 nitrogen and oxygen atoms in total. The van der Waals surface area contributed by atoms with Gasteiger partial charge in [0, 0.05) is 33.6 Å². The van der Waals surface area contributed by atoms with Crippen molar-refractivity contribution in [3.63, 3.8) is 0 Å². The summed E-state index contributed by atoms with van der Waals surface area (Å²) in [5.74, 6) is 0. The van der Waals surface area contributed by atoms with E-state index in [1.54, 1.807) is 17.5 Å². The van der Waals surface area contributed by atoms with Crippen molar-refractivity contribution in [2.45, 2.75) is 0 Å². The fourth-order valence-corrected chi connectivity index (χ4v) is 2.58. The summed E-state index contributed by atoms with van der Waals surface area (Å²) in [7, 11) is 0. The van der Waals surface area contributed by atoms with Crippen molar-refractivity contribution in [3.8, 4) is 10.4 Å². The zero-order valence-corrected chi connectivity index (χ0v) is 8.79. The molecule has 2 heterocycles. The van der Waals surface area contributed by atoms with Crippen LogP contribution in [0.4, 0.5) is 0 Å². The van der Waals surface area contributed by atoms with Crippen LogP contribution in [0.5, 0.6) is 0 Å². The number of hydrogen-bond donors (Lipinski definition) is 0. The SMILES string of the molecule is [c]1cccc2cc(-c3cccnc3)sc12. The molecule has 1 aromatic carbocycles. The molecule has 0 amide bonds. The van der Waals surface area contributed by atoms with Crippen molar-refractivity contribution in [2.24, 2.45) is 0 Å². The molecule has 0 N–H and O–H groups in total. The average molecular weight is 210 g/mol. The summed E-state index contributed by atoms with van der Waals surface area (Å²) in [6.07, 6.45) is 3.69. The monoisotopic (exact) mass is 210 g/mol. The average Bonchev–Trinajstić information content (AvgIpc) is 2.74. The Kier molecular flexibility index (Phi) is 2.00. The van der Waals surface area contributed by atoms with Crippen LogP contribution in [-0.4, -0.2) is 4.98 Å². The van der Waals surface area contributed by atoms with Gasteiger partial charge in [0.05, 0.1) is 0 Å². The lowest BCUT2D eigenvalue weighted by molar-refractivity contribution is 1.33. The predicted molar refractivity (Wildman–Crippen MR) is 63.9 cm³/mol. The molecule has 0 saturated heterocycles. The minimum atomic E-state index is 1.17. The van der Waals surface area contributed by atoms with Gasteiger partial charge in [-0.05, 0) is 17.5 Å². The quantitative estimate of drug-likeness (QED) is 0.596. The van der Waals surface area contributed by atoms with E-state index in [0.29, 0.717) is 0 Å². The number of thiophene rings is 1. The molecule has 0 bridgehead atoms. The van der Waals surface area contributed by atoms with E-state index >= 15 is 0 Å². The Morgan fingerprint density at radius 2 is 2.20 bits per heavy atom. The van der Waals surface area contributed by atoms with Crippen molar-refractivity contribution < 1.29 is 0 Å². The first-order valence-electron chi connectivity index (χ1n) is 4.74. The van der Waals surface area contributed by atoms with E-state index in [2.05, 4.69) is 29.2 Å². The molecular formula is C13H8NS. The highest BCUT2D eigenvalue weighted by Crippen LogP contribution is 2.32. The molecule has 0 atom stereocenters. The third kappa shape index (κ3) is 1.53. The molecule has 0 saturated carbocycles. The Balaban J connectivity index is 2.21. The Bertz CT molecular complexity index is 551. The van der Waals surface area contributed by atoms with Gasteiger partial charge in [-0.1, -0.05) is 24.3 Å². The molecule has 15 heavy (non-hydrogen) atoms. The Labute approximate surface area is 92.0 Å². The number of hydrogen-bond acceptors (Lipinski definition) is 2. The molecule has 1 radical (unpaired) electrons. The summed E-state index contributed by atoms with van der Waals surface area (Å²) in [4.78, 5) is 5.38. The van der Waals surface area contributed by atoms with Crippen LogP contribution in [-0.2, 0) is 0 Å². The van der Waals surface area contributed by atoms with Gasteiger partial charge in [-0.2, -0.15) is 0 Å². The lowest BCUT2D eigenvalue weighted by Crippen LogP contribution is -1.72. The smallest absolute Gasteiger partial charge is 0.0428 e. The number of nitrogens with zero attached hydrogens (tertiary/aromatic N) is 1. The van der Waals surface area contributed by atoms with Crippen molar-refractivity contribution in [3.05, 3.63) is 54.9 Å². The first kappa shape index (κ1) is 8.62. The molecule has 3 rings (SSSR count). The first-order valence-corrected chi connectivity index (χ1v) is 5.56. The summed E-state index contributed by atoms with van der Waals surface area (Å²) in [5.41, 5.74) is 1.17. The molecule has 3 aromatic rings. The minimum Gasteiger partial charge on any atom is -0.264 e. The van der Waals surface area contributed by atoms with Crippen LogP contribution in [0.15, 0.2) is 48.8 Å². The lowest BCUT2D eigenvalue weighted by Gasteiger charge is -1.92. The van der Waals surface area contributed by atoms with Crippen molar-refractivity contribution in [2.75, 3.05) is 0 Å². The third-order valence-electron chi connectivity index (χ3n) is 2.29. The van der Waals surface area contributed by atoms with Crippen LogP contribution in [0.3, 0.4) is 0 Å². The van der Waals surface area contributed by atoms with Gasteiger partial charge >= 0.3 is 0 Å². The second kappa shape index (κ2) is 3.48. The van der Waals surface area contributed by atoms with Gasteiger partial charge in [0.1, 0.15) is 0 Å². The van der Waals surface area contributed by atoms with Gasteiger partial charge in [0.2, 0.25) is 0 Å². The van der Waals surface area contributed by atoms with Crippen molar-refractivity contribution in [1.29, 1.82) is 0 Å². The summed E-state index contributed by atoms with van der Waals surface area (Å²) < 4.78 is 1.20. The largest absolute Gasteiger partial charge is 0.264 e. The topological polar surface area (TPSA) is 12.9 Å². The fourth-order valence-electron chi connectivity index (χ4n) is 1.57. The van der Waals surface area contributed by atoms with E-state index in [4.69, 9.17) is 0 Å². The summed E-state index contributed by atoms with van der Waals surface area (Å²) in [6, 6.07) is 15.5. The molecular weight excluding hydrogens is 202 g/mol. The molecule has 0 aliphatic carbocycles. The molecule has 0 spiro atoms. The summed E-state index contributed by atoms with van der Waals surface area (Å²) >= 11 is 1.75. The van der Waals surface area contributed by atoms with Gasteiger partial charge in [0.15, 0.2) is 0 Å². The number of pyridine rings is 1. The normalized spacial score (nSPS) is 10.7. The van der Waals surface area contributed by atoms with Crippen LogP contribution >= 0.6 is 11.3 Å². The minimum absolute atomic E-state index is 1.17. The molecule has 2 heteroatoms. The maximum absolute atomic E-state index is 4.13. The zero-order valence-electron chi connectivity index (χ0n) is 7.97. The fraction of sp³-hybridized carbons (Fsp3) is 0. The first-order chi connectivity index (χ1) is 7.43. The van der Waals surface area contributed by atoms with Gasteiger partial charge in [-0.15, -0.1) is 11.3 Å². The molecule has 0 aliphatic rings. The molecule has 0 fully saturated rings. The van der Waals surface area contributed by atoms with Crippen LogP contribution in [0.25, 0.3) is 20.5 Å². The molecule has 0 aliphatic heterocycles. The Morgan fingerprint density at radius 3 is 3.00 bits per heavy atom. The summed E-state index contributed by atoms with van der Waals surface area (Å²) in [5, 5.41) is 1.25. The highest BCUT2D eigenvalue weighted by atomic mass is 32.1. The third-order valence-corrected chi connectivity index (χ3v) is 3.42. The molecule has 2 aromatic heterocycles. The van der Waals surface area contributed by atoms with E-state index in [1.807, 2.05) is 24.4 Å². The Hall–Kier alpha value is -1.67. The predicted octanol–water partition coefficient (Wildman–Crippen LogP) is 3.76. The van der Waals surface area contributed by atoms with E-state index in [-0.39, 0.29) is 0 Å². The van der Waals surface area contributed by atoms with Crippen LogP contribution in [0.1, 0.15) is 0 Å². The van der Waals surface area contributed by atoms with E-state index in [9.17, 15) is 0 Å². The van der Waals surface area contributed by atoms with Gasteiger partial charge in [-0.3, -0.25) is 4.98 Å². The zero-order chi connectivity index (χ0) is 10.1. The van der Waals surface area contributed by atoms with E-state index in [1.165, 1.54) is 20.5 Å². The van der Waals surface area contributed by atoms with Crippen LogP contribution < -0.4 is 0 Å². The van der Waals surface area contributed by atoms with Crippen molar-refractivity contribution in [1.82, 2.24) is 4.98 Å². The Morgan fingerprint density at radius 1 is 1.20 bits per heavy atom. The van der Waals surface area contributed by atoms with Gasteiger partial charge in [0.25, 0.3) is 0 Å². The van der Waals surface area contributed by atoms with Gasteiger partial charge in [-0.25, -0.2) is 0 Å². The van der Waals surface area contributed by atoms with Gasteiger partial charge < -0.3 is 0 Å². The molecule has 0 unspecified atom stereocenters. The maximum Gasteiger partial charge on any atom is 0.0428 e. The number of benzene rings is 1. The standard InChI is InChI=1S/C13H8NS/c1-2-6-12-10(4-1)8-13(15-12)11-5-3-7-14-9-11/h1-5,7-9H. The van der Waals surface area contributed by atoms with Crippen molar-refractivity contribution >= 4 is 21.4 Å². The number of aromatic nitrogens is 1. The highest BCUT2D eigenvalue weighted by Gasteiger charge is 2.02. The number of fused-ring (bicyclic) bond motifs is 1. The maximum atomic E-state index is 4.13. The number of rotatable bonds is 1. The highest BCUT2D eigenvalue weighted by molar-refractivity contribution is 7.22. The second-order valence-corrected chi connectivity index (χ2v) is 4.36. The van der Waals surface area contributed by atoms with Crippen LogP contribution in [0.2, 0.25) is 0 Å². The van der Waals surface area contributed by atoms with E-state index < -0.39 is 0 Å². The molecule has 71 valence electrons. The summed E-state index contributed by atoms with van der Waals surface area (Å²) in [6.45, 7) is 0.